The molecule has 1 amide bonds. The maximum Gasteiger partial charge on any atom is 0.270 e. The van der Waals surface area contributed by atoms with E-state index in [1.54, 1.807) is 11.0 Å². The van der Waals surface area contributed by atoms with Crippen molar-refractivity contribution in [3.8, 4) is 11.4 Å². The molecule has 0 fully saturated rings. The topological polar surface area (TPSA) is 102 Å². The Morgan fingerprint density at radius 2 is 2.00 bits per heavy atom. The van der Waals surface area contributed by atoms with E-state index in [2.05, 4.69) is 10.1 Å². The number of rotatable bonds is 8. The van der Waals surface area contributed by atoms with Crippen LogP contribution in [0.2, 0.25) is 0 Å². The second-order valence-corrected chi connectivity index (χ2v) is 7.19. The lowest BCUT2D eigenvalue weighted by Gasteiger charge is -2.28. The van der Waals surface area contributed by atoms with E-state index in [4.69, 9.17) is 4.52 Å². The molecule has 0 saturated carbocycles. The molecule has 0 spiro atoms. The minimum absolute atomic E-state index is 0.0454. The molecule has 0 N–H and O–H groups in total. The number of aryl methyl sites for hydroxylation is 1. The van der Waals surface area contributed by atoms with Gasteiger partial charge in [0.2, 0.25) is 11.7 Å². The maximum atomic E-state index is 13.0. The van der Waals surface area contributed by atoms with E-state index in [-0.39, 0.29) is 23.2 Å². The Morgan fingerprint density at radius 1 is 1.23 bits per heavy atom. The molecule has 0 aliphatic carbocycles. The summed E-state index contributed by atoms with van der Waals surface area (Å²) in [5.41, 5.74) is 2.15. The smallest absolute Gasteiger partial charge is 0.270 e. The van der Waals surface area contributed by atoms with Crippen LogP contribution in [-0.4, -0.2) is 38.5 Å². The van der Waals surface area contributed by atoms with Gasteiger partial charge in [-0.15, -0.1) is 0 Å². The lowest BCUT2D eigenvalue weighted by Crippen LogP contribution is -2.39. The molecule has 8 heteroatoms. The van der Waals surface area contributed by atoms with Crippen molar-refractivity contribution in [2.75, 3.05) is 6.54 Å². The molecule has 156 valence electrons. The van der Waals surface area contributed by atoms with E-state index < -0.39 is 4.92 Å². The van der Waals surface area contributed by atoms with Gasteiger partial charge in [0, 0.05) is 42.3 Å². The molecule has 0 aliphatic rings. The molecule has 1 atom stereocenters. The van der Waals surface area contributed by atoms with Crippen LogP contribution in [0.5, 0.6) is 0 Å². The third-order valence-corrected chi connectivity index (χ3v) is 5.00. The molecule has 0 aliphatic heterocycles. The third kappa shape index (κ3) is 4.89. The molecule has 1 heterocycles. The van der Waals surface area contributed by atoms with Crippen LogP contribution in [0.3, 0.4) is 0 Å². The van der Waals surface area contributed by atoms with Gasteiger partial charge in [0.25, 0.3) is 11.6 Å². The first kappa shape index (κ1) is 21.2. The quantitative estimate of drug-likeness (QED) is 0.403. The van der Waals surface area contributed by atoms with E-state index >= 15 is 0 Å². The number of hydrogen-bond acceptors (Lipinski definition) is 6. The van der Waals surface area contributed by atoms with Gasteiger partial charge in [0.1, 0.15) is 0 Å². The summed E-state index contributed by atoms with van der Waals surface area (Å²) in [5, 5.41) is 15.1. The number of hydrogen-bond donors (Lipinski definition) is 0. The summed E-state index contributed by atoms with van der Waals surface area (Å²) in [7, 11) is 0. The van der Waals surface area contributed by atoms with Crippen molar-refractivity contribution in [3.63, 3.8) is 0 Å². The van der Waals surface area contributed by atoms with E-state index in [9.17, 15) is 14.9 Å². The number of amides is 1. The van der Waals surface area contributed by atoms with Gasteiger partial charge in [0.15, 0.2) is 0 Å². The summed E-state index contributed by atoms with van der Waals surface area (Å²) >= 11 is 0. The second-order valence-electron chi connectivity index (χ2n) is 7.19. The zero-order valence-corrected chi connectivity index (χ0v) is 17.2. The largest absolute Gasteiger partial charge is 0.339 e. The third-order valence-electron chi connectivity index (χ3n) is 5.00. The Kier molecular flexibility index (Phi) is 6.56. The Hall–Kier alpha value is -3.55. The maximum absolute atomic E-state index is 13.0. The second kappa shape index (κ2) is 9.30. The summed E-state index contributed by atoms with van der Waals surface area (Å²) in [5.74, 6) is 0.687. The van der Waals surface area contributed by atoms with Crippen LogP contribution in [0.15, 0.2) is 53.1 Å². The normalized spacial score (nSPS) is 11.8. The zero-order valence-electron chi connectivity index (χ0n) is 17.2. The van der Waals surface area contributed by atoms with Crippen molar-refractivity contribution in [2.24, 2.45) is 0 Å². The molecule has 0 radical (unpaired) electrons. The molecule has 1 aromatic heterocycles. The highest BCUT2D eigenvalue weighted by molar-refractivity contribution is 5.95. The SMILES string of the molecule is CCC(C)N(CCc1nc(-c2cccc(C)c2)no1)C(=O)c1cccc([N+](=O)[O-])c1. The van der Waals surface area contributed by atoms with Gasteiger partial charge in [0.05, 0.1) is 4.92 Å². The summed E-state index contributed by atoms with van der Waals surface area (Å²) < 4.78 is 5.37. The average Bonchev–Trinajstić information content (AvgIpc) is 3.22. The fraction of sp³-hybridized carbons (Fsp3) is 0.318. The Morgan fingerprint density at radius 3 is 2.70 bits per heavy atom. The Bertz CT molecular complexity index is 1050. The highest BCUT2D eigenvalue weighted by atomic mass is 16.6. The summed E-state index contributed by atoms with van der Waals surface area (Å²) in [6.07, 6.45) is 1.14. The molecular formula is C22H24N4O4. The highest BCUT2D eigenvalue weighted by Gasteiger charge is 2.23. The van der Waals surface area contributed by atoms with Crippen molar-refractivity contribution in [1.82, 2.24) is 15.0 Å². The fourth-order valence-electron chi connectivity index (χ4n) is 3.13. The standard InChI is InChI=1S/C22H24N4O4/c1-4-16(3)25(22(27)18-9-6-10-19(14-18)26(28)29)12-11-20-23-21(24-30-20)17-8-5-7-15(2)13-17/h5-10,13-14,16H,4,11-12H2,1-3H3. The number of benzene rings is 2. The molecule has 0 saturated heterocycles. The van der Waals surface area contributed by atoms with E-state index in [1.165, 1.54) is 18.2 Å². The molecule has 0 bridgehead atoms. The monoisotopic (exact) mass is 408 g/mol. The number of nitro benzene ring substituents is 1. The predicted molar refractivity (Wildman–Crippen MR) is 112 cm³/mol. The van der Waals surface area contributed by atoms with Crippen molar-refractivity contribution >= 4 is 11.6 Å². The average molecular weight is 408 g/mol. The predicted octanol–water partition coefficient (Wildman–Crippen LogP) is 4.44. The number of aromatic nitrogens is 2. The van der Waals surface area contributed by atoms with Gasteiger partial charge in [-0.3, -0.25) is 14.9 Å². The number of carbonyl (C=O) groups excluding carboxylic acids is 1. The molecule has 1 unspecified atom stereocenters. The van der Waals surface area contributed by atoms with Crippen LogP contribution in [0.25, 0.3) is 11.4 Å². The highest BCUT2D eigenvalue weighted by Crippen LogP contribution is 2.19. The minimum Gasteiger partial charge on any atom is -0.339 e. The number of carbonyl (C=O) groups is 1. The van der Waals surface area contributed by atoms with Crippen LogP contribution in [0.1, 0.15) is 42.1 Å². The number of nitro groups is 1. The van der Waals surface area contributed by atoms with Gasteiger partial charge >= 0.3 is 0 Å². The van der Waals surface area contributed by atoms with Crippen LogP contribution in [-0.2, 0) is 6.42 Å². The van der Waals surface area contributed by atoms with E-state index in [0.717, 1.165) is 17.5 Å². The van der Waals surface area contributed by atoms with E-state index in [1.807, 2.05) is 45.0 Å². The van der Waals surface area contributed by atoms with Crippen LogP contribution >= 0.6 is 0 Å². The zero-order chi connectivity index (χ0) is 21.7. The summed E-state index contributed by atoms with van der Waals surface area (Å²) in [6.45, 7) is 6.29. The van der Waals surface area contributed by atoms with Crippen molar-refractivity contribution in [1.29, 1.82) is 0 Å². The summed E-state index contributed by atoms with van der Waals surface area (Å²) in [4.78, 5) is 29.7. The summed E-state index contributed by atoms with van der Waals surface area (Å²) in [6, 6.07) is 13.6. The van der Waals surface area contributed by atoms with Crippen molar-refractivity contribution < 1.29 is 14.2 Å². The van der Waals surface area contributed by atoms with Crippen LogP contribution in [0.4, 0.5) is 5.69 Å². The minimum atomic E-state index is -0.504. The van der Waals surface area contributed by atoms with Crippen molar-refractivity contribution in [3.05, 3.63) is 75.7 Å². The number of non-ortho nitro benzene ring substituents is 1. The van der Waals surface area contributed by atoms with Gasteiger partial charge in [-0.25, -0.2) is 0 Å². The Balaban J connectivity index is 1.75. The molecule has 2 aromatic carbocycles. The van der Waals surface area contributed by atoms with Gasteiger partial charge in [-0.05, 0) is 32.4 Å². The van der Waals surface area contributed by atoms with Gasteiger partial charge < -0.3 is 9.42 Å². The van der Waals surface area contributed by atoms with Crippen LogP contribution in [0, 0.1) is 17.0 Å². The molecule has 8 nitrogen and oxygen atoms in total. The van der Waals surface area contributed by atoms with E-state index in [0.29, 0.717) is 24.7 Å². The van der Waals surface area contributed by atoms with Gasteiger partial charge in [-0.2, -0.15) is 4.98 Å². The fourth-order valence-corrected chi connectivity index (χ4v) is 3.13. The van der Waals surface area contributed by atoms with Crippen molar-refractivity contribution in [2.45, 2.75) is 39.7 Å². The first-order chi connectivity index (χ1) is 14.4. The molecular weight excluding hydrogens is 384 g/mol. The molecule has 30 heavy (non-hydrogen) atoms. The van der Waals surface area contributed by atoms with Crippen LogP contribution < -0.4 is 0 Å². The first-order valence-corrected chi connectivity index (χ1v) is 9.84. The lowest BCUT2D eigenvalue weighted by molar-refractivity contribution is -0.384. The number of nitrogens with zero attached hydrogens (tertiary/aromatic N) is 4. The first-order valence-electron chi connectivity index (χ1n) is 9.84. The lowest BCUT2D eigenvalue weighted by atomic mass is 10.1. The Labute approximate surface area is 174 Å². The van der Waals surface area contributed by atoms with Gasteiger partial charge in [-0.1, -0.05) is 41.9 Å². The molecule has 3 rings (SSSR count). The molecule has 3 aromatic rings.